The van der Waals surface area contributed by atoms with E-state index in [1.165, 1.54) is 12.0 Å². The second-order valence-corrected chi connectivity index (χ2v) is 5.24. The van der Waals surface area contributed by atoms with E-state index in [2.05, 4.69) is 0 Å². The Kier molecular flexibility index (Phi) is 4.67. The Balaban J connectivity index is 2.04. The van der Waals surface area contributed by atoms with Gasteiger partial charge in [-0.25, -0.2) is 0 Å². The van der Waals surface area contributed by atoms with Gasteiger partial charge in [0, 0.05) is 37.5 Å². The summed E-state index contributed by atoms with van der Waals surface area (Å²) in [6.45, 7) is 1.65. The van der Waals surface area contributed by atoms with Crippen LogP contribution in [0.3, 0.4) is 0 Å². The topological polar surface area (TPSA) is 75.9 Å². The lowest BCUT2D eigenvalue weighted by Crippen LogP contribution is -2.39. The molecular formula is C15H21N3O3. The van der Waals surface area contributed by atoms with E-state index >= 15 is 0 Å². The molecule has 0 aliphatic carbocycles. The Labute approximate surface area is 124 Å². The van der Waals surface area contributed by atoms with Crippen LogP contribution >= 0.6 is 0 Å². The van der Waals surface area contributed by atoms with Crippen molar-refractivity contribution in [3.8, 4) is 5.75 Å². The van der Waals surface area contributed by atoms with Crippen LogP contribution in [0.1, 0.15) is 23.2 Å². The van der Waals surface area contributed by atoms with E-state index in [1.54, 1.807) is 30.1 Å². The molecule has 0 bridgehead atoms. The second kappa shape index (κ2) is 6.47. The Morgan fingerprint density at radius 3 is 2.57 bits per heavy atom. The molecule has 1 fully saturated rings. The number of hydrogen-bond donors (Lipinski definition) is 1. The number of nitrogen functional groups attached to an aromatic ring is 1. The minimum absolute atomic E-state index is 0.0146. The number of benzene rings is 1. The molecule has 114 valence electrons. The van der Waals surface area contributed by atoms with Gasteiger partial charge in [0.15, 0.2) is 0 Å². The van der Waals surface area contributed by atoms with Gasteiger partial charge in [-0.1, -0.05) is 0 Å². The van der Waals surface area contributed by atoms with Gasteiger partial charge in [-0.2, -0.15) is 0 Å². The lowest BCUT2D eigenvalue weighted by molar-refractivity contribution is -0.130. The molecule has 6 heteroatoms. The fourth-order valence-corrected chi connectivity index (χ4v) is 2.43. The number of ether oxygens (including phenoxy) is 1. The average Bonchev–Trinajstić information content (AvgIpc) is 2.99. The molecule has 1 aromatic carbocycles. The molecule has 2 rings (SSSR count). The molecule has 1 saturated heterocycles. The van der Waals surface area contributed by atoms with E-state index in [9.17, 15) is 9.59 Å². The molecule has 21 heavy (non-hydrogen) atoms. The summed E-state index contributed by atoms with van der Waals surface area (Å²) in [4.78, 5) is 27.6. The first-order chi connectivity index (χ1) is 10.0. The molecule has 1 heterocycles. The molecule has 1 aromatic rings. The zero-order chi connectivity index (χ0) is 15.4. The standard InChI is InChI=1S/C15H21N3O3/c1-17(10-14(19)18-5-3-4-6-18)15(20)11-7-12(16)9-13(8-11)21-2/h7-9H,3-6,10,16H2,1-2H3. The molecule has 2 amide bonds. The third kappa shape index (κ3) is 3.65. The van der Waals surface area contributed by atoms with Crippen molar-refractivity contribution < 1.29 is 14.3 Å². The Morgan fingerprint density at radius 1 is 1.29 bits per heavy atom. The van der Waals surface area contributed by atoms with Gasteiger partial charge in [-0.3, -0.25) is 9.59 Å². The summed E-state index contributed by atoms with van der Waals surface area (Å²) in [6.07, 6.45) is 2.08. The lowest BCUT2D eigenvalue weighted by Gasteiger charge is -2.21. The highest BCUT2D eigenvalue weighted by Crippen LogP contribution is 2.19. The minimum Gasteiger partial charge on any atom is -0.497 e. The van der Waals surface area contributed by atoms with Crippen LogP contribution in [0.2, 0.25) is 0 Å². The van der Waals surface area contributed by atoms with E-state index in [4.69, 9.17) is 10.5 Å². The number of amides is 2. The predicted octanol–water partition coefficient (Wildman–Crippen LogP) is 0.972. The van der Waals surface area contributed by atoms with Crippen LogP contribution in [-0.2, 0) is 4.79 Å². The van der Waals surface area contributed by atoms with E-state index < -0.39 is 0 Å². The van der Waals surface area contributed by atoms with Gasteiger partial charge < -0.3 is 20.3 Å². The van der Waals surface area contributed by atoms with Gasteiger partial charge >= 0.3 is 0 Å². The van der Waals surface area contributed by atoms with Gasteiger partial charge in [-0.05, 0) is 25.0 Å². The minimum atomic E-state index is -0.242. The first-order valence-electron chi connectivity index (χ1n) is 6.99. The summed E-state index contributed by atoms with van der Waals surface area (Å²) < 4.78 is 5.10. The molecule has 0 saturated carbocycles. The second-order valence-electron chi connectivity index (χ2n) is 5.24. The molecule has 6 nitrogen and oxygen atoms in total. The van der Waals surface area contributed by atoms with Crippen molar-refractivity contribution in [3.05, 3.63) is 23.8 Å². The predicted molar refractivity (Wildman–Crippen MR) is 80.2 cm³/mol. The summed E-state index contributed by atoms with van der Waals surface area (Å²) in [5.74, 6) is 0.269. The molecule has 0 radical (unpaired) electrons. The molecule has 2 N–H and O–H groups in total. The molecule has 0 unspecified atom stereocenters. The summed E-state index contributed by atoms with van der Waals surface area (Å²) in [6, 6.07) is 4.85. The molecule has 0 spiro atoms. The molecule has 0 atom stereocenters. The van der Waals surface area contributed by atoms with Crippen molar-refractivity contribution in [2.75, 3.05) is 39.5 Å². The van der Waals surface area contributed by atoms with Crippen molar-refractivity contribution in [3.63, 3.8) is 0 Å². The molecular weight excluding hydrogens is 270 g/mol. The first-order valence-corrected chi connectivity index (χ1v) is 6.99. The molecule has 1 aliphatic rings. The number of likely N-dealkylation sites (N-methyl/N-ethyl adjacent to an activating group) is 1. The van der Waals surface area contributed by atoms with Gasteiger partial charge in [0.25, 0.3) is 5.91 Å². The monoisotopic (exact) mass is 291 g/mol. The number of nitrogens with two attached hydrogens (primary N) is 1. The third-order valence-electron chi connectivity index (χ3n) is 3.59. The van der Waals surface area contributed by atoms with Crippen LogP contribution in [0.5, 0.6) is 5.75 Å². The van der Waals surface area contributed by atoms with Crippen LogP contribution in [0.4, 0.5) is 5.69 Å². The number of methoxy groups -OCH3 is 1. The van der Waals surface area contributed by atoms with Crippen molar-refractivity contribution in [1.29, 1.82) is 0 Å². The maximum atomic E-state index is 12.4. The van der Waals surface area contributed by atoms with Crippen molar-refractivity contribution in [2.24, 2.45) is 0 Å². The molecule has 1 aliphatic heterocycles. The Morgan fingerprint density at radius 2 is 1.95 bits per heavy atom. The Bertz CT molecular complexity index is 539. The maximum Gasteiger partial charge on any atom is 0.254 e. The van der Waals surface area contributed by atoms with Crippen LogP contribution in [-0.4, -0.2) is 55.4 Å². The largest absolute Gasteiger partial charge is 0.497 e. The number of rotatable bonds is 4. The van der Waals surface area contributed by atoms with Gasteiger partial charge in [0.05, 0.1) is 13.7 Å². The fraction of sp³-hybridized carbons (Fsp3) is 0.467. The number of likely N-dealkylation sites (tertiary alicyclic amines) is 1. The van der Waals surface area contributed by atoms with Gasteiger partial charge in [-0.15, -0.1) is 0 Å². The zero-order valence-corrected chi connectivity index (χ0v) is 12.5. The first kappa shape index (κ1) is 15.2. The maximum absolute atomic E-state index is 12.4. The number of nitrogens with zero attached hydrogens (tertiary/aromatic N) is 2. The van der Waals surface area contributed by atoms with Gasteiger partial charge in [0.1, 0.15) is 5.75 Å². The number of carbonyl (C=O) groups is 2. The highest BCUT2D eigenvalue weighted by Gasteiger charge is 2.22. The number of hydrogen-bond acceptors (Lipinski definition) is 4. The summed E-state index contributed by atoms with van der Waals surface area (Å²) >= 11 is 0. The van der Waals surface area contributed by atoms with Crippen LogP contribution in [0.25, 0.3) is 0 Å². The number of anilines is 1. The SMILES string of the molecule is COc1cc(N)cc(C(=O)N(C)CC(=O)N2CCCC2)c1. The van der Waals surface area contributed by atoms with E-state index in [-0.39, 0.29) is 18.4 Å². The normalized spacial score (nSPS) is 14.1. The lowest BCUT2D eigenvalue weighted by atomic mass is 10.1. The van der Waals surface area contributed by atoms with Crippen molar-refractivity contribution >= 4 is 17.5 Å². The van der Waals surface area contributed by atoms with Crippen LogP contribution in [0, 0.1) is 0 Å². The van der Waals surface area contributed by atoms with Crippen LogP contribution < -0.4 is 10.5 Å². The van der Waals surface area contributed by atoms with Gasteiger partial charge in [0.2, 0.25) is 5.91 Å². The highest BCUT2D eigenvalue weighted by atomic mass is 16.5. The van der Waals surface area contributed by atoms with E-state index in [0.29, 0.717) is 17.0 Å². The summed E-state index contributed by atoms with van der Waals surface area (Å²) in [7, 11) is 3.13. The summed E-state index contributed by atoms with van der Waals surface area (Å²) in [5, 5.41) is 0. The summed E-state index contributed by atoms with van der Waals surface area (Å²) in [5.41, 5.74) is 6.62. The van der Waals surface area contributed by atoms with E-state index in [0.717, 1.165) is 25.9 Å². The third-order valence-corrected chi connectivity index (χ3v) is 3.59. The molecule has 0 aromatic heterocycles. The number of carbonyl (C=O) groups excluding carboxylic acids is 2. The quantitative estimate of drug-likeness (QED) is 0.839. The zero-order valence-electron chi connectivity index (χ0n) is 12.5. The average molecular weight is 291 g/mol. The van der Waals surface area contributed by atoms with Crippen LogP contribution in [0.15, 0.2) is 18.2 Å². The fourth-order valence-electron chi connectivity index (χ4n) is 2.43. The van der Waals surface area contributed by atoms with E-state index in [1.807, 2.05) is 0 Å². The van der Waals surface area contributed by atoms with Crippen molar-refractivity contribution in [2.45, 2.75) is 12.8 Å². The Hall–Kier alpha value is -2.24. The highest BCUT2D eigenvalue weighted by molar-refractivity contribution is 5.97. The van der Waals surface area contributed by atoms with Crippen molar-refractivity contribution in [1.82, 2.24) is 9.80 Å². The smallest absolute Gasteiger partial charge is 0.254 e.